The summed E-state index contributed by atoms with van der Waals surface area (Å²) in [7, 11) is 5.47. The van der Waals surface area contributed by atoms with E-state index in [-0.39, 0.29) is 0 Å². The van der Waals surface area contributed by atoms with Gasteiger partial charge in [0.2, 0.25) is 5.13 Å². The molecular weight excluding hydrogens is 294 g/mol. The zero-order chi connectivity index (χ0) is 14.7. The molecule has 0 amide bonds. The van der Waals surface area contributed by atoms with Crippen LogP contribution in [0.3, 0.4) is 0 Å². The van der Waals surface area contributed by atoms with Gasteiger partial charge >= 0.3 is 0 Å². The van der Waals surface area contributed by atoms with Gasteiger partial charge in [-0.15, -0.1) is 10.2 Å². The summed E-state index contributed by atoms with van der Waals surface area (Å²) in [5.74, 6) is 0.683. The zero-order valence-electron chi connectivity index (χ0n) is 11.8. The zero-order valence-corrected chi connectivity index (χ0v) is 13.5. The maximum atomic E-state index is 9.95. The third-order valence-corrected chi connectivity index (χ3v) is 4.86. The number of hydrogen-bond acceptors (Lipinski definition) is 7. The van der Waals surface area contributed by atoms with Gasteiger partial charge in [0.05, 0.1) is 13.2 Å². The number of benzene rings is 1. The van der Waals surface area contributed by atoms with Crippen LogP contribution in [-0.2, 0) is 0 Å². The molecule has 0 aliphatic carbocycles. The van der Waals surface area contributed by atoms with E-state index in [2.05, 4.69) is 10.2 Å². The molecule has 1 heterocycles. The van der Waals surface area contributed by atoms with Crippen LogP contribution in [0.15, 0.2) is 27.4 Å². The quantitative estimate of drug-likeness (QED) is 0.916. The fourth-order valence-corrected chi connectivity index (χ4v) is 3.68. The molecule has 0 aliphatic heterocycles. The van der Waals surface area contributed by atoms with Crippen molar-refractivity contribution in [3.8, 4) is 5.75 Å². The Hall–Kier alpha value is -1.31. The number of aliphatic hydroxyl groups excluding tert-OH is 1. The van der Waals surface area contributed by atoms with Gasteiger partial charge in [0, 0.05) is 24.6 Å². The minimum atomic E-state index is -0.602. The first-order valence-electron chi connectivity index (χ1n) is 6.06. The summed E-state index contributed by atoms with van der Waals surface area (Å²) in [4.78, 5) is 2.85. The van der Waals surface area contributed by atoms with E-state index in [1.807, 2.05) is 37.2 Å². The van der Waals surface area contributed by atoms with E-state index in [4.69, 9.17) is 4.74 Å². The van der Waals surface area contributed by atoms with Gasteiger partial charge in [0.1, 0.15) is 5.75 Å². The molecule has 5 nitrogen and oxygen atoms in total. The number of hydrogen-bond donors (Lipinski definition) is 1. The van der Waals surface area contributed by atoms with Gasteiger partial charge in [0.25, 0.3) is 0 Å². The monoisotopic (exact) mass is 311 g/mol. The Morgan fingerprint density at radius 2 is 2.10 bits per heavy atom. The molecular formula is C13H17N3O2S2. The first-order chi connectivity index (χ1) is 9.52. The topological polar surface area (TPSA) is 58.5 Å². The highest BCUT2D eigenvalue weighted by Crippen LogP contribution is 2.40. The van der Waals surface area contributed by atoms with Crippen LogP contribution in [0.5, 0.6) is 5.75 Å². The molecule has 1 aromatic heterocycles. The predicted molar refractivity (Wildman–Crippen MR) is 82.0 cm³/mol. The van der Waals surface area contributed by atoms with Crippen molar-refractivity contribution in [1.29, 1.82) is 0 Å². The number of aromatic nitrogens is 2. The molecule has 0 saturated carbocycles. The number of nitrogens with zero attached hydrogens (tertiary/aromatic N) is 3. The predicted octanol–water partition coefficient (Wildman–Crippen LogP) is 2.82. The number of rotatable bonds is 5. The fourth-order valence-electron chi connectivity index (χ4n) is 1.72. The molecule has 7 heteroatoms. The van der Waals surface area contributed by atoms with E-state index in [9.17, 15) is 5.11 Å². The summed E-state index contributed by atoms with van der Waals surface area (Å²) >= 11 is 3.00. The molecule has 0 aliphatic rings. The van der Waals surface area contributed by atoms with Crippen molar-refractivity contribution in [2.45, 2.75) is 22.3 Å². The van der Waals surface area contributed by atoms with Gasteiger partial charge in [-0.1, -0.05) is 29.2 Å². The normalized spacial score (nSPS) is 12.2. The molecule has 0 fully saturated rings. The minimum absolute atomic E-state index is 0.602. The smallest absolute Gasteiger partial charge is 0.208 e. The van der Waals surface area contributed by atoms with Gasteiger partial charge in [-0.2, -0.15) is 0 Å². The summed E-state index contributed by atoms with van der Waals surface area (Å²) in [5.41, 5.74) is 0.779. The molecule has 0 spiro atoms. The molecule has 20 heavy (non-hydrogen) atoms. The molecule has 0 bridgehead atoms. The number of anilines is 1. The fraction of sp³-hybridized carbons (Fsp3) is 0.385. The van der Waals surface area contributed by atoms with Crippen molar-refractivity contribution in [3.05, 3.63) is 23.8 Å². The standard InChI is InChI=1S/C13H17N3O2S2/c1-8(17)11-9(18-4)6-5-7-10(11)19-13-15-14-12(20-13)16(2)3/h5-8,17H,1-4H3/t8-/m0/s1. The Bertz CT molecular complexity index is 585. The summed E-state index contributed by atoms with van der Waals surface area (Å²) in [5, 5.41) is 19.1. The first-order valence-corrected chi connectivity index (χ1v) is 7.70. The van der Waals surface area contributed by atoms with Crippen molar-refractivity contribution in [1.82, 2.24) is 10.2 Å². The Morgan fingerprint density at radius 3 is 2.65 bits per heavy atom. The third kappa shape index (κ3) is 3.23. The second-order valence-corrected chi connectivity index (χ2v) is 6.64. The average Bonchev–Trinajstić information content (AvgIpc) is 2.86. The van der Waals surface area contributed by atoms with Gasteiger partial charge < -0.3 is 14.7 Å². The van der Waals surface area contributed by atoms with Crippen LogP contribution in [-0.4, -0.2) is 36.5 Å². The molecule has 1 atom stereocenters. The molecule has 2 aromatic rings. The van der Waals surface area contributed by atoms with Gasteiger partial charge in [-0.25, -0.2) is 0 Å². The van der Waals surface area contributed by atoms with Crippen LogP contribution >= 0.6 is 23.1 Å². The number of ether oxygens (including phenoxy) is 1. The van der Waals surface area contributed by atoms with Crippen molar-refractivity contribution in [3.63, 3.8) is 0 Å². The molecule has 2 rings (SSSR count). The lowest BCUT2D eigenvalue weighted by molar-refractivity contribution is 0.191. The van der Waals surface area contributed by atoms with Crippen LogP contribution in [0.1, 0.15) is 18.6 Å². The highest BCUT2D eigenvalue weighted by atomic mass is 32.2. The van der Waals surface area contributed by atoms with E-state index < -0.39 is 6.10 Å². The number of aliphatic hydroxyl groups is 1. The summed E-state index contributed by atoms with van der Waals surface area (Å²) in [6, 6.07) is 5.70. The lowest BCUT2D eigenvalue weighted by Gasteiger charge is -2.14. The number of methoxy groups -OCH3 is 1. The SMILES string of the molecule is COc1cccc(Sc2nnc(N(C)C)s2)c1[C@H](C)O. The van der Waals surface area contributed by atoms with Crippen LogP contribution in [0.25, 0.3) is 0 Å². The maximum Gasteiger partial charge on any atom is 0.208 e. The highest BCUT2D eigenvalue weighted by Gasteiger charge is 2.17. The van der Waals surface area contributed by atoms with Crippen molar-refractivity contribution in [2.75, 3.05) is 26.1 Å². The molecule has 0 radical (unpaired) electrons. The van der Waals surface area contributed by atoms with E-state index in [0.717, 1.165) is 19.9 Å². The second-order valence-electron chi connectivity index (χ2n) is 4.40. The third-order valence-electron chi connectivity index (χ3n) is 2.64. The van der Waals surface area contributed by atoms with E-state index in [0.29, 0.717) is 5.75 Å². The lowest BCUT2D eigenvalue weighted by Crippen LogP contribution is -2.07. The van der Waals surface area contributed by atoms with E-state index >= 15 is 0 Å². The summed E-state index contributed by atoms with van der Waals surface area (Å²) in [6.07, 6.45) is -0.602. The van der Waals surface area contributed by atoms with Crippen LogP contribution < -0.4 is 9.64 Å². The summed E-state index contributed by atoms with van der Waals surface area (Å²) in [6.45, 7) is 1.73. The van der Waals surface area contributed by atoms with Gasteiger partial charge in [0.15, 0.2) is 4.34 Å². The molecule has 1 N–H and O–H groups in total. The van der Waals surface area contributed by atoms with Crippen LogP contribution in [0.4, 0.5) is 5.13 Å². The first kappa shape index (κ1) is 15.1. The molecule has 108 valence electrons. The van der Waals surface area contributed by atoms with Crippen LogP contribution in [0, 0.1) is 0 Å². The summed E-state index contributed by atoms with van der Waals surface area (Å²) < 4.78 is 6.15. The second kappa shape index (κ2) is 6.43. The molecule has 0 unspecified atom stereocenters. The van der Waals surface area contributed by atoms with Gasteiger partial charge in [-0.05, 0) is 19.1 Å². The lowest BCUT2D eigenvalue weighted by atomic mass is 10.1. The Labute approximate surface area is 126 Å². The minimum Gasteiger partial charge on any atom is -0.496 e. The van der Waals surface area contributed by atoms with Crippen molar-refractivity contribution in [2.24, 2.45) is 0 Å². The van der Waals surface area contributed by atoms with Crippen molar-refractivity contribution < 1.29 is 9.84 Å². The molecule has 0 saturated heterocycles. The molecule has 1 aromatic carbocycles. The maximum absolute atomic E-state index is 9.95. The highest BCUT2D eigenvalue weighted by molar-refractivity contribution is 8.01. The van der Waals surface area contributed by atoms with Crippen molar-refractivity contribution >= 4 is 28.2 Å². The van der Waals surface area contributed by atoms with Crippen LogP contribution in [0.2, 0.25) is 0 Å². The average molecular weight is 311 g/mol. The van der Waals surface area contributed by atoms with E-state index in [1.54, 1.807) is 14.0 Å². The largest absolute Gasteiger partial charge is 0.496 e. The van der Waals surface area contributed by atoms with E-state index in [1.165, 1.54) is 23.1 Å². The Kier molecular flexibility index (Phi) is 4.85. The van der Waals surface area contributed by atoms with Gasteiger partial charge in [-0.3, -0.25) is 0 Å². The Morgan fingerprint density at radius 1 is 1.35 bits per heavy atom. The Balaban J connectivity index is 2.32.